The summed E-state index contributed by atoms with van der Waals surface area (Å²) in [5, 5.41) is 0. The Morgan fingerprint density at radius 3 is 2.26 bits per heavy atom. The third-order valence-corrected chi connectivity index (χ3v) is 4.23. The molecule has 6 heteroatoms. The Bertz CT molecular complexity index is 478. The van der Waals surface area contributed by atoms with Gasteiger partial charge in [-0.15, -0.1) is 0 Å². The van der Waals surface area contributed by atoms with Gasteiger partial charge in [0.2, 0.25) is 0 Å². The minimum absolute atomic E-state index is 0. The summed E-state index contributed by atoms with van der Waals surface area (Å²) in [4.78, 5) is -0.217. The number of hydrogen-bond acceptors (Lipinski definition) is 4. The number of ether oxygens (including phenoxy) is 1. The summed E-state index contributed by atoms with van der Waals surface area (Å²) < 4.78 is 37.7. The molecular weight excluding hydrogens is 275 g/mol. The Hall–Kier alpha value is -0.0700. The largest absolute Gasteiger partial charge is 1.00 e. The molecule has 0 aliphatic heterocycles. The van der Waals surface area contributed by atoms with Crippen LogP contribution in [0.15, 0.2) is 29.2 Å². The van der Waals surface area contributed by atoms with Crippen LogP contribution in [-0.2, 0) is 10.1 Å². The van der Waals surface area contributed by atoms with Crippen molar-refractivity contribution in [2.24, 2.45) is 5.92 Å². The SMILES string of the molecule is O=S(=O)([O-])c1ccc(OCCC2CCCC2)cc1.[Na+]. The first-order valence-corrected chi connectivity index (χ1v) is 7.65. The molecule has 0 heterocycles. The Morgan fingerprint density at radius 1 is 1.16 bits per heavy atom. The van der Waals surface area contributed by atoms with Crippen molar-refractivity contribution in [3.63, 3.8) is 0 Å². The monoisotopic (exact) mass is 292 g/mol. The van der Waals surface area contributed by atoms with Crippen LogP contribution in [0.25, 0.3) is 0 Å². The number of rotatable bonds is 5. The van der Waals surface area contributed by atoms with Gasteiger partial charge in [-0.25, -0.2) is 8.42 Å². The van der Waals surface area contributed by atoms with E-state index >= 15 is 0 Å². The Morgan fingerprint density at radius 2 is 1.74 bits per heavy atom. The average Bonchev–Trinajstić information content (AvgIpc) is 2.82. The van der Waals surface area contributed by atoms with Gasteiger partial charge in [-0.05, 0) is 36.6 Å². The van der Waals surface area contributed by atoms with Crippen molar-refractivity contribution in [1.82, 2.24) is 0 Å². The predicted octanol–water partition coefficient (Wildman–Crippen LogP) is -0.446. The van der Waals surface area contributed by atoms with Crippen LogP contribution in [0.1, 0.15) is 32.1 Å². The van der Waals surface area contributed by atoms with E-state index in [0.717, 1.165) is 12.3 Å². The zero-order valence-electron chi connectivity index (χ0n) is 11.2. The first-order chi connectivity index (χ1) is 8.55. The van der Waals surface area contributed by atoms with E-state index in [-0.39, 0.29) is 34.5 Å². The second kappa shape index (κ2) is 7.64. The van der Waals surface area contributed by atoms with Crippen LogP contribution in [0.5, 0.6) is 5.75 Å². The van der Waals surface area contributed by atoms with E-state index in [1.54, 1.807) is 0 Å². The predicted molar refractivity (Wildman–Crippen MR) is 66.5 cm³/mol. The molecular formula is C13H17NaO4S. The molecule has 0 amide bonds. The number of hydrogen-bond donors (Lipinski definition) is 0. The molecule has 1 aliphatic rings. The maximum atomic E-state index is 10.7. The molecule has 0 spiro atoms. The molecule has 0 atom stereocenters. The van der Waals surface area contributed by atoms with Crippen LogP contribution < -0.4 is 34.3 Å². The van der Waals surface area contributed by atoms with Crippen molar-refractivity contribution in [1.29, 1.82) is 0 Å². The summed E-state index contributed by atoms with van der Waals surface area (Å²) in [6.45, 7) is 0.647. The van der Waals surface area contributed by atoms with Crippen molar-refractivity contribution in [2.45, 2.75) is 37.0 Å². The van der Waals surface area contributed by atoms with Gasteiger partial charge in [-0.2, -0.15) is 0 Å². The molecule has 0 radical (unpaired) electrons. The molecule has 19 heavy (non-hydrogen) atoms. The minimum atomic E-state index is -4.36. The van der Waals surface area contributed by atoms with Crippen molar-refractivity contribution in [2.75, 3.05) is 6.61 Å². The quantitative estimate of drug-likeness (QED) is 0.545. The van der Waals surface area contributed by atoms with Crippen molar-refractivity contribution < 1.29 is 47.3 Å². The fourth-order valence-electron chi connectivity index (χ4n) is 2.35. The molecule has 1 aromatic carbocycles. The van der Waals surface area contributed by atoms with Crippen LogP contribution >= 0.6 is 0 Å². The molecule has 0 bridgehead atoms. The number of benzene rings is 1. The first kappa shape index (κ1) is 17.0. The van der Waals surface area contributed by atoms with Gasteiger partial charge in [0.05, 0.1) is 11.5 Å². The van der Waals surface area contributed by atoms with E-state index < -0.39 is 10.1 Å². The van der Waals surface area contributed by atoms with E-state index in [1.165, 1.54) is 49.9 Å². The van der Waals surface area contributed by atoms with Crippen molar-refractivity contribution >= 4 is 10.1 Å². The summed E-state index contributed by atoms with van der Waals surface area (Å²) in [5.74, 6) is 1.38. The fraction of sp³-hybridized carbons (Fsp3) is 0.538. The van der Waals surface area contributed by atoms with E-state index in [0.29, 0.717) is 12.4 Å². The van der Waals surface area contributed by atoms with E-state index in [9.17, 15) is 13.0 Å². The molecule has 100 valence electrons. The van der Waals surface area contributed by atoms with Gasteiger partial charge in [0, 0.05) is 0 Å². The molecule has 0 unspecified atom stereocenters. The van der Waals surface area contributed by atoms with E-state index in [2.05, 4.69) is 0 Å². The molecule has 1 fully saturated rings. The maximum absolute atomic E-state index is 10.7. The minimum Gasteiger partial charge on any atom is -0.744 e. The summed E-state index contributed by atoms with van der Waals surface area (Å²) in [6.07, 6.45) is 6.26. The van der Waals surface area contributed by atoms with Gasteiger partial charge in [0.1, 0.15) is 15.9 Å². The van der Waals surface area contributed by atoms with E-state index in [4.69, 9.17) is 4.74 Å². The second-order valence-electron chi connectivity index (χ2n) is 4.71. The molecule has 0 saturated heterocycles. The summed E-state index contributed by atoms with van der Waals surface area (Å²) in [5.41, 5.74) is 0. The summed E-state index contributed by atoms with van der Waals surface area (Å²) >= 11 is 0. The third kappa shape index (κ3) is 5.44. The fourth-order valence-corrected chi connectivity index (χ4v) is 2.81. The van der Waals surface area contributed by atoms with Gasteiger partial charge in [-0.3, -0.25) is 0 Å². The summed E-state index contributed by atoms with van der Waals surface area (Å²) in [6, 6.07) is 5.62. The van der Waals surface area contributed by atoms with Gasteiger partial charge in [0.25, 0.3) is 0 Å². The molecule has 0 N–H and O–H groups in total. The molecule has 2 rings (SSSR count). The summed E-state index contributed by atoms with van der Waals surface area (Å²) in [7, 11) is -4.36. The Labute approximate surface area is 136 Å². The molecule has 0 aromatic heterocycles. The smallest absolute Gasteiger partial charge is 0.744 e. The Balaban J connectivity index is 0.00000180. The van der Waals surface area contributed by atoms with Crippen LogP contribution in [0.2, 0.25) is 0 Å². The van der Waals surface area contributed by atoms with Gasteiger partial charge < -0.3 is 9.29 Å². The van der Waals surface area contributed by atoms with Crippen molar-refractivity contribution in [3.8, 4) is 5.75 Å². The van der Waals surface area contributed by atoms with Crippen LogP contribution in [-0.4, -0.2) is 19.6 Å². The van der Waals surface area contributed by atoms with Crippen LogP contribution in [0.4, 0.5) is 0 Å². The Kier molecular flexibility index (Phi) is 6.83. The average molecular weight is 292 g/mol. The topological polar surface area (TPSA) is 66.4 Å². The molecule has 1 saturated carbocycles. The zero-order chi connectivity index (χ0) is 13.0. The van der Waals surface area contributed by atoms with Gasteiger partial charge >= 0.3 is 29.6 Å². The maximum Gasteiger partial charge on any atom is 1.00 e. The first-order valence-electron chi connectivity index (χ1n) is 6.24. The van der Waals surface area contributed by atoms with Crippen LogP contribution in [0.3, 0.4) is 0 Å². The standard InChI is InChI=1S/C13H18O4S.Na/c14-18(15,16)13-7-5-12(6-8-13)17-10-9-11-3-1-2-4-11;/h5-8,11H,1-4,9-10H2,(H,14,15,16);/q;+1/p-1. The normalized spacial score (nSPS) is 16.1. The molecule has 1 aliphatic carbocycles. The molecule has 4 nitrogen and oxygen atoms in total. The van der Waals surface area contributed by atoms with Crippen LogP contribution in [0, 0.1) is 5.92 Å². The van der Waals surface area contributed by atoms with Gasteiger partial charge in [0.15, 0.2) is 0 Å². The van der Waals surface area contributed by atoms with Gasteiger partial charge in [-0.1, -0.05) is 25.7 Å². The van der Waals surface area contributed by atoms with Crippen molar-refractivity contribution in [3.05, 3.63) is 24.3 Å². The zero-order valence-corrected chi connectivity index (χ0v) is 14.0. The third-order valence-electron chi connectivity index (χ3n) is 3.38. The second-order valence-corrected chi connectivity index (χ2v) is 6.09. The van der Waals surface area contributed by atoms with E-state index in [1.807, 2.05) is 0 Å². The molecule has 1 aromatic rings.